The van der Waals surface area contributed by atoms with E-state index < -0.39 is 27.2 Å². The van der Waals surface area contributed by atoms with Crippen molar-refractivity contribution in [3.05, 3.63) is 62.4 Å². The predicted molar refractivity (Wildman–Crippen MR) is 113 cm³/mol. The van der Waals surface area contributed by atoms with Gasteiger partial charge in [0.25, 0.3) is 11.5 Å². The molecule has 0 bridgehead atoms. The average molecular weight is 429 g/mol. The molecule has 156 valence electrons. The number of aryl methyl sites for hydroxylation is 1. The number of rotatable bonds is 3. The molecule has 0 aliphatic carbocycles. The Labute approximate surface area is 171 Å². The van der Waals surface area contributed by atoms with Crippen LogP contribution in [0.25, 0.3) is 11.0 Å². The molecule has 1 N–H and O–H groups in total. The lowest BCUT2D eigenvalue weighted by atomic mass is 10.1. The van der Waals surface area contributed by atoms with Crippen LogP contribution in [0.5, 0.6) is 0 Å². The van der Waals surface area contributed by atoms with Gasteiger partial charge in [-0.05, 0) is 36.2 Å². The first-order valence-electron chi connectivity index (χ1n) is 9.05. The highest BCUT2D eigenvalue weighted by Crippen LogP contribution is 2.30. The Morgan fingerprint density at radius 1 is 1.13 bits per heavy atom. The number of pyridine rings is 1. The summed E-state index contributed by atoms with van der Waals surface area (Å²) in [5.74, 6) is -0.418. The first kappa shape index (κ1) is 19.8. The molecular weight excluding hydrogens is 410 g/mol. The number of hydrogen-bond acceptors (Lipinski definition) is 6. The van der Waals surface area contributed by atoms with Gasteiger partial charge in [0.05, 0.1) is 29.2 Å². The fourth-order valence-electron chi connectivity index (χ4n) is 3.59. The smallest absolute Gasteiger partial charge is 0.321 e. The minimum atomic E-state index is -3.36. The number of carbonyl (C=O) groups is 1. The quantitative estimate of drug-likeness (QED) is 0.635. The molecule has 0 radical (unpaired) electrons. The number of benzene rings is 1. The van der Waals surface area contributed by atoms with Crippen molar-refractivity contribution in [2.24, 2.45) is 14.1 Å². The van der Waals surface area contributed by atoms with Crippen LogP contribution in [-0.2, 0) is 30.5 Å². The summed E-state index contributed by atoms with van der Waals surface area (Å²) in [6, 6.07) is 6.30. The largest absolute Gasteiger partial charge is 0.332 e. The van der Waals surface area contributed by atoms with Gasteiger partial charge in [-0.1, -0.05) is 0 Å². The van der Waals surface area contributed by atoms with E-state index in [4.69, 9.17) is 0 Å². The van der Waals surface area contributed by atoms with Crippen LogP contribution in [0.15, 0.2) is 40.1 Å². The van der Waals surface area contributed by atoms with E-state index in [-0.39, 0.29) is 11.0 Å². The second kappa shape index (κ2) is 6.80. The number of nitrogens with zero attached hydrogens (tertiary/aromatic N) is 4. The van der Waals surface area contributed by atoms with Gasteiger partial charge in [0.15, 0.2) is 0 Å². The maximum atomic E-state index is 12.7. The normalized spacial score (nSPS) is 13.5. The first-order valence-corrected chi connectivity index (χ1v) is 10.9. The number of aromatic nitrogens is 3. The van der Waals surface area contributed by atoms with Crippen LogP contribution >= 0.6 is 0 Å². The molecule has 0 saturated heterocycles. The van der Waals surface area contributed by atoms with Crippen molar-refractivity contribution in [3.63, 3.8) is 0 Å². The van der Waals surface area contributed by atoms with Gasteiger partial charge in [0, 0.05) is 26.2 Å². The third-order valence-electron chi connectivity index (χ3n) is 5.15. The number of sulfonamides is 1. The Balaban J connectivity index is 1.66. The van der Waals surface area contributed by atoms with Crippen LogP contribution in [0.2, 0.25) is 0 Å². The summed E-state index contributed by atoms with van der Waals surface area (Å²) in [5, 5.41) is 2.90. The number of anilines is 2. The van der Waals surface area contributed by atoms with Crippen molar-refractivity contribution < 1.29 is 13.2 Å². The summed E-state index contributed by atoms with van der Waals surface area (Å²) in [6.45, 7) is 0.343. The van der Waals surface area contributed by atoms with Gasteiger partial charge in [0.1, 0.15) is 5.65 Å². The maximum absolute atomic E-state index is 12.7. The van der Waals surface area contributed by atoms with E-state index >= 15 is 0 Å². The lowest BCUT2D eigenvalue weighted by Crippen LogP contribution is -2.37. The minimum Gasteiger partial charge on any atom is -0.321 e. The average Bonchev–Trinajstić information content (AvgIpc) is 3.14. The molecule has 2 aromatic heterocycles. The summed E-state index contributed by atoms with van der Waals surface area (Å²) in [5.41, 5.74) is 1.24. The molecule has 1 aromatic carbocycles. The van der Waals surface area contributed by atoms with Gasteiger partial charge in [-0.2, -0.15) is 0 Å². The zero-order valence-electron chi connectivity index (χ0n) is 16.5. The predicted octanol–water partition coefficient (Wildman–Crippen LogP) is 0.207. The third-order valence-corrected chi connectivity index (χ3v) is 6.33. The van der Waals surface area contributed by atoms with Crippen LogP contribution in [0.4, 0.5) is 11.4 Å². The van der Waals surface area contributed by atoms with Crippen LogP contribution in [0, 0.1) is 0 Å². The van der Waals surface area contributed by atoms with Gasteiger partial charge in [-0.25, -0.2) is 18.2 Å². The SMILES string of the molecule is Cn1c(=O)c2cc(NC(=O)c3ccc4c(c3)CCN4S(C)(=O)=O)cnc2n(C)c1=O. The molecular formula is C19H19N5O5S. The third kappa shape index (κ3) is 3.16. The zero-order valence-corrected chi connectivity index (χ0v) is 17.4. The fourth-order valence-corrected chi connectivity index (χ4v) is 4.55. The standard InChI is InChI=1S/C19H19N5O5S/c1-22-16-14(18(26)23(2)19(22)27)9-13(10-20-16)21-17(25)12-4-5-15-11(8-12)6-7-24(15)30(3,28)29/h4-5,8-10H,6-7H2,1-3H3,(H,21,25). The van der Waals surface area contributed by atoms with Crippen molar-refractivity contribution in [1.29, 1.82) is 0 Å². The Kier molecular flexibility index (Phi) is 4.49. The van der Waals surface area contributed by atoms with E-state index in [2.05, 4.69) is 10.3 Å². The lowest BCUT2D eigenvalue weighted by molar-refractivity contribution is 0.102. The highest BCUT2D eigenvalue weighted by molar-refractivity contribution is 7.92. The molecule has 4 rings (SSSR count). The molecule has 10 nitrogen and oxygen atoms in total. The summed E-state index contributed by atoms with van der Waals surface area (Å²) in [6.07, 6.45) is 3.04. The van der Waals surface area contributed by atoms with Crippen molar-refractivity contribution >= 4 is 38.3 Å². The minimum absolute atomic E-state index is 0.204. The molecule has 3 heterocycles. The molecule has 0 unspecified atom stereocenters. The molecule has 1 aliphatic rings. The molecule has 0 atom stereocenters. The molecule has 1 aliphatic heterocycles. The van der Waals surface area contributed by atoms with Crippen LogP contribution in [0.3, 0.4) is 0 Å². The maximum Gasteiger partial charge on any atom is 0.332 e. The summed E-state index contributed by atoms with van der Waals surface area (Å²) in [4.78, 5) is 41.2. The van der Waals surface area contributed by atoms with E-state index in [0.29, 0.717) is 29.9 Å². The molecule has 3 aromatic rings. The number of carbonyl (C=O) groups excluding carboxylic acids is 1. The van der Waals surface area contributed by atoms with Crippen LogP contribution < -0.4 is 20.9 Å². The molecule has 30 heavy (non-hydrogen) atoms. The second-order valence-electron chi connectivity index (χ2n) is 7.18. The summed E-state index contributed by atoms with van der Waals surface area (Å²) < 4.78 is 27.3. The van der Waals surface area contributed by atoms with Crippen LogP contribution in [0.1, 0.15) is 15.9 Å². The summed E-state index contributed by atoms with van der Waals surface area (Å²) >= 11 is 0. The monoisotopic (exact) mass is 429 g/mol. The Morgan fingerprint density at radius 2 is 1.87 bits per heavy atom. The Bertz CT molecular complexity index is 1440. The van der Waals surface area contributed by atoms with E-state index in [0.717, 1.165) is 16.4 Å². The molecule has 0 spiro atoms. The molecule has 0 fully saturated rings. The fraction of sp³-hybridized carbons (Fsp3) is 0.263. The second-order valence-corrected chi connectivity index (χ2v) is 9.09. The van der Waals surface area contributed by atoms with E-state index in [1.807, 2.05) is 0 Å². The topological polar surface area (TPSA) is 123 Å². The van der Waals surface area contributed by atoms with Gasteiger partial charge in [0.2, 0.25) is 10.0 Å². The van der Waals surface area contributed by atoms with Gasteiger partial charge < -0.3 is 5.32 Å². The Hall–Kier alpha value is -3.47. The number of hydrogen-bond donors (Lipinski definition) is 1. The van der Waals surface area contributed by atoms with Crippen molar-refractivity contribution in [2.45, 2.75) is 6.42 Å². The highest BCUT2D eigenvalue weighted by Gasteiger charge is 2.26. The van der Waals surface area contributed by atoms with E-state index in [9.17, 15) is 22.8 Å². The number of fused-ring (bicyclic) bond motifs is 2. The molecule has 0 saturated carbocycles. The van der Waals surface area contributed by atoms with Crippen molar-refractivity contribution in [1.82, 2.24) is 14.1 Å². The first-order chi connectivity index (χ1) is 14.1. The highest BCUT2D eigenvalue weighted by atomic mass is 32.2. The lowest BCUT2D eigenvalue weighted by Gasteiger charge is -2.16. The molecule has 11 heteroatoms. The number of nitrogens with one attached hydrogen (secondary N) is 1. The van der Waals surface area contributed by atoms with E-state index in [1.54, 1.807) is 18.2 Å². The van der Waals surface area contributed by atoms with Gasteiger partial charge >= 0.3 is 5.69 Å². The Morgan fingerprint density at radius 3 is 2.57 bits per heavy atom. The molecule has 1 amide bonds. The zero-order chi connectivity index (χ0) is 21.8. The van der Waals surface area contributed by atoms with Gasteiger partial charge in [-0.15, -0.1) is 0 Å². The summed E-state index contributed by atoms with van der Waals surface area (Å²) in [7, 11) is -0.476. The van der Waals surface area contributed by atoms with Gasteiger partial charge in [-0.3, -0.25) is 23.0 Å². The van der Waals surface area contributed by atoms with E-state index in [1.165, 1.54) is 35.2 Å². The van der Waals surface area contributed by atoms with Crippen molar-refractivity contribution in [2.75, 3.05) is 22.4 Å². The van der Waals surface area contributed by atoms with Crippen molar-refractivity contribution in [3.8, 4) is 0 Å². The number of amides is 1. The van der Waals surface area contributed by atoms with Crippen LogP contribution in [-0.4, -0.2) is 41.2 Å².